The summed E-state index contributed by atoms with van der Waals surface area (Å²) < 4.78 is 0. The summed E-state index contributed by atoms with van der Waals surface area (Å²) in [6.45, 7) is 5.53. The number of carbonyl (C=O) groups is 2. The molecular weight excluding hydrogens is 262 g/mol. The lowest BCUT2D eigenvalue weighted by atomic mass is 10.2. The van der Waals surface area contributed by atoms with Crippen LogP contribution in [0.3, 0.4) is 0 Å². The van der Waals surface area contributed by atoms with Gasteiger partial charge in [0.15, 0.2) is 0 Å². The molecule has 0 aliphatic carbocycles. The van der Waals surface area contributed by atoms with Crippen LogP contribution in [0.4, 0.5) is 0 Å². The minimum absolute atomic E-state index is 0.0104. The van der Waals surface area contributed by atoms with Gasteiger partial charge in [-0.3, -0.25) is 4.79 Å². The van der Waals surface area contributed by atoms with Gasteiger partial charge in [-0.15, -0.1) is 11.3 Å². The van der Waals surface area contributed by atoms with E-state index in [9.17, 15) is 9.59 Å². The zero-order valence-corrected chi connectivity index (χ0v) is 12.1. The van der Waals surface area contributed by atoms with Gasteiger partial charge in [0.2, 0.25) is 0 Å². The van der Waals surface area contributed by atoms with E-state index < -0.39 is 5.97 Å². The van der Waals surface area contributed by atoms with Crippen LogP contribution in [0.2, 0.25) is 0 Å². The van der Waals surface area contributed by atoms with Crippen molar-refractivity contribution in [3.05, 3.63) is 28.0 Å². The molecule has 19 heavy (non-hydrogen) atoms. The van der Waals surface area contributed by atoms with Gasteiger partial charge in [0.05, 0.1) is 4.88 Å². The number of hydrogen-bond acceptors (Lipinski definition) is 3. The van der Waals surface area contributed by atoms with E-state index >= 15 is 0 Å². The first-order valence-corrected chi connectivity index (χ1v) is 7.25. The average molecular weight is 281 g/mol. The second-order valence-electron chi connectivity index (χ2n) is 4.17. The number of carbonyl (C=O) groups excluding carboxylic acids is 1. The van der Waals surface area contributed by atoms with Crippen LogP contribution in [0.1, 0.15) is 41.9 Å². The molecule has 0 radical (unpaired) electrons. The number of hydrogen-bond donors (Lipinski definition) is 1. The minimum atomic E-state index is -1.01. The molecule has 0 atom stereocenters. The standard InChI is InChI=1S/C14H19NO3S/c1-3-8-15(9-4-2)14(18)13-11(7-10-19-13)5-6-12(16)17/h5-7,10H,3-4,8-9H2,1-2H3,(H,16,17). The van der Waals surface area contributed by atoms with Gasteiger partial charge in [0, 0.05) is 19.2 Å². The third-order valence-corrected chi connectivity index (χ3v) is 3.49. The van der Waals surface area contributed by atoms with Gasteiger partial charge in [0.25, 0.3) is 5.91 Å². The van der Waals surface area contributed by atoms with E-state index in [2.05, 4.69) is 0 Å². The van der Waals surface area contributed by atoms with Gasteiger partial charge >= 0.3 is 5.97 Å². The van der Waals surface area contributed by atoms with E-state index in [1.165, 1.54) is 17.4 Å². The largest absolute Gasteiger partial charge is 0.478 e. The quantitative estimate of drug-likeness (QED) is 0.781. The maximum Gasteiger partial charge on any atom is 0.328 e. The Bertz CT molecular complexity index is 459. The van der Waals surface area contributed by atoms with Crippen molar-refractivity contribution < 1.29 is 14.7 Å². The number of thiophene rings is 1. The predicted octanol–water partition coefficient (Wildman–Crippen LogP) is 3.11. The van der Waals surface area contributed by atoms with Crippen LogP contribution in [-0.2, 0) is 4.79 Å². The fraction of sp³-hybridized carbons (Fsp3) is 0.429. The molecule has 1 N–H and O–H groups in total. The summed E-state index contributed by atoms with van der Waals surface area (Å²) in [6, 6.07) is 1.77. The summed E-state index contributed by atoms with van der Waals surface area (Å²) in [6.07, 6.45) is 4.36. The molecule has 1 rings (SSSR count). The molecule has 1 heterocycles. The highest BCUT2D eigenvalue weighted by Crippen LogP contribution is 2.20. The Kier molecular flexibility index (Phi) is 6.29. The van der Waals surface area contributed by atoms with E-state index in [0.717, 1.165) is 32.0 Å². The molecule has 5 heteroatoms. The molecular formula is C14H19NO3S. The molecule has 0 saturated carbocycles. The van der Waals surface area contributed by atoms with Crippen LogP contribution in [0.15, 0.2) is 17.5 Å². The minimum Gasteiger partial charge on any atom is -0.478 e. The molecule has 0 bridgehead atoms. The van der Waals surface area contributed by atoms with E-state index in [0.29, 0.717) is 10.4 Å². The van der Waals surface area contributed by atoms with Crippen molar-refractivity contribution in [2.24, 2.45) is 0 Å². The monoisotopic (exact) mass is 281 g/mol. The summed E-state index contributed by atoms with van der Waals surface area (Å²) >= 11 is 1.35. The SMILES string of the molecule is CCCN(CCC)C(=O)c1sccc1C=CC(=O)O. The summed E-state index contributed by atoms with van der Waals surface area (Å²) in [5.41, 5.74) is 0.676. The van der Waals surface area contributed by atoms with E-state index in [1.807, 2.05) is 24.1 Å². The molecule has 1 aromatic heterocycles. The van der Waals surface area contributed by atoms with Gasteiger partial charge in [-0.25, -0.2) is 4.79 Å². The summed E-state index contributed by atoms with van der Waals surface area (Å²) in [5, 5.41) is 10.5. The van der Waals surface area contributed by atoms with Gasteiger partial charge in [0.1, 0.15) is 0 Å². The van der Waals surface area contributed by atoms with Crippen LogP contribution in [-0.4, -0.2) is 35.0 Å². The Morgan fingerprint density at radius 2 is 1.95 bits per heavy atom. The fourth-order valence-corrected chi connectivity index (χ4v) is 2.64. The molecule has 0 saturated heterocycles. The van der Waals surface area contributed by atoms with Crippen LogP contribution in [0.5, 0.6) is 0 Å². The second kappa shape index (κ2) is 7.74. The number of carboxylic acids is 1. The summed E-state index contributed by atoms with van der Waals surface area (Å²) in [5.74, 6) is -1.02. The molecule has 0 aromatic carbocycles. The maximum atomic E-state index is 12.4. The topological polar surface area (TPSA) is 57.6 Å². The second-order valence-corrected chi connectivity index (χ2v) is 5.08. The normalized spacial score (nSPS) is 10.8. The van der Waals surface area contributed by atoms with E-state index in [1.54, 1.807) is 6.07 Å². The third-order valence-electron chi connectivity index (χ3n) is 2.57. The highest BCUT2D eigenvalue weighted by Gasteiger charge is 2.18. The third kappa shape index (κ3) is 4.52. The first kappa shape index (κ1) is 15.4. The molecule has 0 unspecified atom stereocenters. The number of carboxylic acid groups (broad SMARTS) is 1. The Balaban J connectivity index is 2.92. The van der Waals surface area contributed by atoms with Gasteiger partial charge < -0.3 is 10.0 Å². The average Bonchev–Trinajstić information content (AvgIpc) is 2.83. The van der Waals surface area contributed by atoms with Crippen LogP contribution in [0, 0.1) is 0 Å². The lowest BCUT2D eigenvalue weighted by molar-refractivity contribution is -0.131. The lowest BCUT2D eigenvalue weighted by Crippen LogP contribution is -2.32. The Morgan fingerprint density at radius 3 is 2.47 bits per heavy atom. The molecule has 0 aliphatic rings. The lowest BCUT2D eigenvalue weighted by Gasteiger charge is -2.21. The zero-order chi connectivity index (χ0) is 14.3. The Hall–Kier alpha value is -1.62. The van der Waals surface area contributed by atoms with E-state index in [4.69, 9.17) is 5.11 Å². The van der Waals surface area contributed by atoms with Gasteiger partial charge in [-0.2, -0.15) is 0 Å². The summed E-state index contributed by atoms with van der Waals surface area (Å²) in [4.78, 5) is 25.4. The Morgan fingerprint density at radius 1 is 1.32 bits per heavy atom. The van der Waals surface area contributed by atoms with Crippen molar-refractivity contribution >= 4 is 29.3 Å². The van der Waals surface area contributed by atoms with Crippen molar-refractivity contribution in [3.8, 4) is 0 Å². The Labute approximate surface area is 117 Å². The molecule has 0 spiro atoms. The van der Waals surface area contributed by atoms with Gasteiger partial charge in [-0.05, 0) is 35.9 Å². The van der Waals surface area contributed by atoms with Crippen molar-refractivity contribution in [1.29, 1.82) is 0 Å². The zero-order valence-electron chi connectivity index (χ0n) is 11.3. The highest BCUT2D eigenvalue weighted by molar-refractivity contribution is 7.12. The first-order chi connectivity index (χ1) is 9.10. The smallest absolute Gasteiger partial charge is 0.328 e. The fourth-order valence-electron chi connectivity index (χ4n) is 1.78. The molecule has 104 valence electrons. The molecule has 0 fully saturated rings. The molecule has 1 amide bonds. The van der Waals surface area contributed by atoms with Crippen molar-refractivity contribution in [3.63, 3.8) is 0 Å². The highest BCUT2D eigenvalue weighted by atomic mass is 32.1. The summed E-state index contributed by atoms with van der Waals surface area (Å²) in [7, 11) is 0. The first-order valence-electron chi connectivity index (χ1n) is 6.37. The molecule has 4 nitrogen and oxygen atoms in total. The van der Waals surface area contributed by atoms with Crippen molar-refractivity contribution in [2.75, 3.05) is 13.1 Å². The van der Waals surface area contributed by atoms with Crippen LogP contribution >= 0.6 is 11.3 Å². The number of amides is 1. The number of aliphatic carboxylic acids is 1. The number of nitrogens with zero attached hydrogens (tertiary/aromatic N) is 1. The van der Waals surface area contributed by atoms with Crippen molar-refractivity contribution in [2.45, 2.75) is 26.7 Å². The predicted molar refractivity (Wildman–Crippen MR) is 77.5 cm³/mol. The van der Waals surface area contributed by atoms with E-state index in [-0.39, 0.29) is 5.91 Å². The molecule has 0 aliphatic heterocycles. The maximum absolute atomic E-state index is 12.4. The van der Waals surface area contributed by atoms with Crippen LogP contribution < -0.4 is 0 Å². The van der Waals surface area contributed by atoms with Crippen molar-refractivity contribution in [1.82, 2.24) is 4.90 Å². The van der Waals surface area contributed by atoms with Gasteiger partial charge in [-0.1, -0.05) is 13.8 Å². The number of rotatable bonds is 7. The van der Waals surface area contributed by atoms with Crippen LogP contribution in [0.25, 0.3) is 6.08 Å². The molecule has 1 aromatic rings.